The minimum atomic E-state index is -0.413. The molecular formula is C17H25N3O3. The van der Waals surface area contributed by atoms with E-state index in [1.165, 1.54) is 5.56 Å². The lowest BCUT2D eigenvalue weighted by Gasteiger charge is -2.38. The number of nitrogens with zero attached hydrogens (tertiary/aromatic N) is 3. The number of ether oxygens (including phenoxy) is 2. The van der Waals surface area contributed by atoms with Crippen molar-refractivity contribution in [3.8, 4) is 0 Å². The summed E-state index contributed by atoms with van der Waals surface area (Å²) >= 11 is 0. The van der Waals surface area contributed by atoms with Gasteiger partial charge in [-0.1, -0.05) is 0 Å². The molecule has 1 amide bonds. The van der Waals surface area contributed by atoms with Crippen molar-refractivity contribution in [1.29, 1.82) is 0 Å². The zero-order chi connectivity index (χ0) is 16.1. The minimum absolute atomic E-state index is 0.190. The summed E-state index contributed by atoms with van der Waals surface area (Å²) < 4.78 is 11.4. The van der Waals surface area contributed by atoms with Crippen molar-refractivity contribution in [3.63, 3.8) is 0 Å². The SMILES string of the molecule is CN(CCc1ccncc1)CC(=O)N1CCC2(CC1)OCCO2. The molecule has 3 rings (SSSR count). The molecule has 0 unspecified atom stereocenters. The molecule has 0 N–H and O–H groups in total. The molecule has 23 heavy (non-hydrogen) atoms. The molecule has 126 valence electrons. The van der Waals surface area contributed by atoms with Crippen LogP contribution < -0.4 is 0 Å². The molecule has 3 heterocycles. The van der Waals surface area contributed by atoms with Crippen molar-refractivity contribution in [2.45, 2.75) is 25.0 Å². The smallest absolute Gasteiger partial charge is 0.236 e. The third-order valence-corrected chi connectivity index (χ3v) is 4.63. The van der Waals surface area contributed by atoms with Gasteiger partial charge in [0.05, 0.1) is 19.8 Å². The highest BCUT2D eigenvalue weighted by Crippen LogP contribution is 2.31. The van der Waals surface area contributed by atoms with E-state index in [2.05, 4.69) is 9.88 Å². The van der Waals surface area contributed by atoms with Gasteiger partial charge >= 0.3 is 0 Å². The van der Waals surface area contributed by atoms with E-state index in [0.717, 1.165) is 38.9 Å². The number of carbonyl (C=O) groups excluding carboxylic acids is 1. The van der Waals surface area contributed by atoms with E-state index in [1.807, 2.05) is 24.1 Å². The van der Waals surface area contributed by atoms with Crippen LogP contribution in [0.1, 0.15) is 18.4 Å². The Labute approximate surface area is 137 Å². The van der Waals surface area contributed by atoms with Gasteiger partial charge in [-0.3, -0.25) is 14.7 Å². The molecule has 6 nitrogen and oxygen atoms in total. The lowest BCUT2D eigenvalue weighted by atomic mass is 10.0. The van der Waals surface area contributed by atoms with Crippen LogP contribution in [-0.4, -0.2) is 72.9 Å². The number of likely N-dealkylation sites (N-methyl/N-ethyl adjacent to an activating group) is 1. The van der Waals surface area contributed by atoms with E-state index in [4.69, 9.17) is 9.47 Å². The second-order valence-corrected chi connectivity index (χ2v) is 6.33. The normalized spacial score (nSPS) is 20.3. The molecule has 0 bridgehead atoms. The predicted molar refractivity (Wildman–Crippen MR) is 85.9 cm³/mol. The summed E-state index contributed by atoms with van der Waals surface area (Å²) in [5.41, 5.74) is 1.25. The lowest BCUT2D eigenvalue weighted by Crippen LogP contribution is -2.49. The molecule has 6 heteroatoms. The van der Waals surface area contributed by atoms with E-state index in [-0.39, 0.29) is 5.91 Å². The number of hydrogen-bond donors (Lipinski definition) is 0. The summed E-state index contributed by atoms with van der Waals surface area (Å²) in [6.45, 7) is 4.10. The monoisotopic (exact) mass is 319 g/mol. The van der Waals surface area contributed by atoms with Crippen LogP contribution in [0, 0.1) is 0 Å². The van der Waals surface area contributed by atoms with Gasteiger partial charge in [0, 0.05) is 44.9 Å². The molecule has 0 radical (unpaired) electrons. The molecule has 1 aromatic heterocycles. The van der Waals surface area contributed by atoms with Crippen LogP contribution in [0.25, 0.3) is 0 Å². The van der Waals surface area contributed by atoms with Crippen LogP contribution >= 0.6 is 0 Å². The second kappa shape index (κ2) is 7.38. The summed E-state index contributed by atoms with van der Waals surface area (Å²) in [5.74, 6) is -0.223. The van der Waals surface area contributed by atoms with Gasteiger partial charge in [0.1, 0.15) is 0 Å². The summed E-state index contributed by atoms with van der Waals surface area (Å²) in [6.07, 6.45) is 6.09. The second-order valence-electron chi connectivity index (χ2n) is 6.33. The Kier molecular flexibility index (Phi) is 5.25. The molecular weight excluding hydrogens is 294 g/mol. The van der Waals surface area contributed by atoms with E-state index in [9.17, 15) is 4.79 Å². The lowest BCUT2D eigenvalue weighted by molar-refractivity contribution is -0.187. The highest BCUT2D eigenvalue weighted by molar-refractivity contribution is 5.78. The third kappa shape index (κ3) is 4.28. The summed E-state index contributed by atoms with van der Waals surface area (Å²) in [6, 6.07) is 4.03. The highest BCUT2D eigenvalue weighted by Gasteiger charge is 2.40. The molecule has 0 saturated carbocycles. The van der Waals surface area contributed by atoms with Gasteiger partial charge in [-0.15, -0.1) is 0 Å². The van der Waals surface area contributed by atoms with Crippen molar-refractivity contribution in [2.24, 2.45) is 0 Å². The maximum atomic E-state index is 12.4. The average Bonchev–Trinajstić information content (AvgIpc) is 3.02. The third-order valence-electron chi connectivity index (χ3n) is 4.63. The van der Waals surface area contributed by atoms with E-state index in [1.54, 1.807) is 12.4 Å². The Morgan fingerprint density at radius 3 is 2.57 bits per heavy atom. The maximum Gasteiger partial charge on any atom is 0.236 e. The number of rotatable bonds is 5. The molecule has 2 aliphatic heterocycles. The van der Waals surface area contributed by atoms with E-state index < -0.39 is 5.79 Å². The summed E-state index contributed by atoms with van der Waals surface area (Å²) in [5, 5.41) is 0. The summed E-state index contributed by atoms with van der Waals surface area (Å²) in [4.78, 5) is 20.4. The number of pyridine rings is 1. The average molecular weight is 319 g/mol. The molecule has 0 aromatic carbocycles. The number of carbonyl (C=O) groups is 1. The molecule has 2 saturated heterocycles. The van der Waals surface area contributed by atoms with Crippen LogP contribution in [0.5, 0.6) is 0 Å². The van der Waals surface area contributed by atoms with Crippen molar-refractivity contribution in [3.05, 3.63) is 30.1 Å². The minimum Gasteiger partial charge on any atom is -0.347 e. The van der Waals surface area contributed by atoms with Gasteiger partial charge in [0.2, 0.25) is 5.91 Å². The molecule has 1 spiro atoms. The van der Waals surface area contributed by atoms with Crippen LogP contribution in [0.4, 0.5) is 0 Å². The molecule has 0 aliphatic carbocycles. The van der Waals surface area contributed by atoms with Crippen molar-refractivity contribution in [1.82, 2.24) is 14.8 Å². The Morgan fingerprint density at radius 2 is 1.91 bits per heavy atom. The zero-order valence-electron chi connectivity index (χ0n) is 13.7. The molecule has 2 aliphatic rings. The topological polar surface area (TPSA) is 54.9 Å². The van der Waals surface area contributed by atoms with Crippen LogP contribution in [0.15, 0.2) is 24.5 Å². The van der Waals surface area contributed by atoms with Crippen LogP contribution in [0.2, 0.25) is 0 Å². The predicted octanol–water partition coefficient (Wildman–Crippen LogP) is 0.921. The Bertz CT molecular complexity index is 507. The quantitative estimate of drug-likeness (QED) is 0.808. The summed E-state index contributed by atoms with van der Waals surface area (Å²) in [7, 11) is 1.99. The van der Waals surface area contributed by atoms with Crippen LogP contribution in [-0.2, 0) is 20.7 Å². The first-order valence-electron chi connectivity index (χ1n) is 8.30. The fourth-order valence-electron chi connectivity index (χ4n) is 3.16. The van der Waals surface area contributed by atoms with Gasteiger partial charge in [0.15, 0.2) is 5.79 Å². The number of aromatic nitrogens is 1. The van der Waals surface area contributed by atoms with Crippen molar-refractivity contribution < 1.29 is 14.3 Å². The number of piperidine rings is 1. The van der Waals surface area contributed by atoms with Gasteiger partial charge in [-0.2, -0.15) is 0 Å². The number of hydrogen-bond acceptors (Lipinski definition) is 5. The van der Waals surface area contributed by atoms with Gasteiger partial charge < -0.3 is 14.4 Å². The van der Waals surface area contributed by atoms with Gasteiger partial charge in [0.25, 0.3) is 0 Å². The Hall–Kier alpha value is -1.50. The standard InChI is InChI=1S/C17H25N3O3/c1-19(9-4-15-2-7-18-8-3-15)14-16(21)20-10-5-17(6-11-20)22-12-13-23-17/h2-3,7-8H,4-6,9-14H2,1H3. The van der Waals surface area contributed by atoms with Crippen molar-refractivity contribution >= 4 is 5.91 Å². The first-order valence-corrected chi connectivity index (χ1v) is 8.30. The highest BCUT2D eigenvalue weighted by atomic mass is 16.7. The van der Waals surface area contributed by atoms with E-state index >= 15 is 0 Å². The van der Waals surface area contributed by atoms with Gasteiger partial charge in [-0.05, 0) is 31.2 Å². The molecule has 0 atom stereocenters. The fourth-order valence-corrected chi connectivity index (χ4v) is 3.16. The number of amides is 1. The number of likely N-dealkylation sites (tertiary alicyclic amines) is 1. The molecule has 1 aromatic rings. The van der Waals surface area contributed by atoms with Gasteiger partial charge in [-0.25, -0.2) is 0 Å². The van der Waals surface area contributed by atoms with Crippen LogP contribution in [0.3, 0.4) is 0 Å². The Morgan fingerprint density at radius 1 is 1.26 bits per heavy atom. The fraction of sp³-hybridized carbons (Fsp3) is 0.647. The van der Waals surface area contributed by atoms with E-state index in [0.29, 0.717) is 19.8 Å². The Balaban J connectivity index is 1.40. The van der Waals surface area contributed by atoms with Crippen molar-refractivity contribution in [2.75, 3.05) is 46.4 Å². The zero-order valence-corrected chi connectivity index (χ0v) is 13.7. The largest absolute Gasteiger partial charge is 0.347 e. The first kappa shape index (κ1) is 16.4. The first-order chi connectivity index (χ1) is 11.2. The maximum absolute atomic E-state index is 12.4. The molecule has 2 fully saturated rings.